The SMILES string of the molecule is COc1cc(OC)c(OC)cc1/C=N/NC(=O)c1ccc(C(C)C)cc1. The standard InChI is InChI=1S/C20H24N2O4/c1-13(2)14-6-8-15(9-7-14)20(23)22-21-12-16-10-18(25-4)19(26-5)11-17(16)24-3/h6-13H,1-5H3,(H,22,23)/b21-12+. The molecule has 0 fully saturated rings. The molecule has 0 aromatic heterocycles. The molecule has 2 aromatic rings. The number of hydrogen-bond acceptors (Lipinski definition) is 5. The van der Waals surface area contributed by atoms with Crippen LogP contribution in [0.4, 0.5) is 0 Å². The Morgan fingerprint density at radius 1 is 0.962 bits per heavy atom. The lowest BCUT2D eigenvalue weighted by molar-refractivity contribution is 0.0955. The zero-order valence-electron chi connectivity index (χ0n) is 15.7. The molecule has 0 bridgehead atoms. The van der Waals surface area contributed by atoms with E-state index in [1.54, 1.807) is 45.6 Å². The molecule has 6 nitrogen and oxygen atoms in total. The van der Waals surface area contributed by atoms with E-state index in [1.807, 2.05) is 12.1 Å². The summed E-state index contributed by atoms with van der Waals surface area (Å²) in [6.45, 7) is 4.21. The number of nitrogens with one attached hydrogen (secondary N) is 1. The van der Waals surface area contributed by atoms with E-state index in [1.165, 1.54) is 11.8 Å². The van der Waals surface area contributed by atoms with Crippen molar-refractivity contribution in [3.8, 4) is 17.2 Å². The molecule has 0 aliphatic heterocycles. The lowest BCUT2D eigenvalue weighted by atomic mass is 10.0. The molecule has 0 atom stereocenters. The third-order valence-corrected chi connectivity index (χ3v) is 3.95. The molecule has 0 aliphatic rings. The predicted molar refractivity (Wildman–Crippen MR) is 102 cm³/mol. The summed E-state index contributed by atoms with van der Waals surface area (Å²) in [5, 5.41) is 4.01. The molecule has 0 saturated heterocycles. The number of benzene rings is 2. The van der Waals surface area contributed by atoms with Crippen molar-refractivity contribution < 1.29 is 19.0 Å². The first-order chi connectivity index (χ1) is 12.5. The van der Waals surface area contributed by atoms with Crippen molar-refractivity contribution in [2.45, 2.75) is 19.8 Å². The van der Waals surface area contributed by atoms with E-state index in [2.05, 4.69) is 24.4 Å². The van der Waals surface area contributed by atoms with Crippen LogP contribution in [0.5, 0.6) is 17.2 Å². The van der Waals surface area contributed by atoms with Crippen molar-refractivity contribution in [1.29, 1.82) is 0 Å². The van der Waals surface area contributed by atoms with E-state index in [0.29, 0.717) is 34.3 Å². The predicted octanol–water partition coefficient (Wildman–Crippen LogP) is 3.60. The lowest BCUT2D eigenvalue weighted by Gasteiger charge is -2.11. The van der Waals surface area contributed by atoms with E-state index in [-0.39, 0.29) is 5.91 Å². The number of methoxy groups -OCH3 is 3. The van der Waals surface area contributed by atoms with Gasteiger partial charge in [0.1, 0.15) is 5.75 Å². The summed E-state index contributed by atoms with van der Waals surface area (Å²) in [5.41, 5.74) is 4.90. The van der Waals surface area contributed by atoms with Gasteiger partial charge >= 0.3 is 0 Å². The number of ether oxygens (including phenoxy) is 3. The molecule has 1 amide bonds. The van der Waals surface area contributed by atoms with Crippen molar-refractivity contribution in [2.75, 3.05) is 21.3 Å². The maximum absolute atomic E-state index is 12.2. The first kappa shape index (κ1) is 19.3. The first-order valence-corrected chi connectivity index (χ1v) is 8.23. The van der Waals surface area contributed by atoms with Gasteiger partial charge in [-0.3, -0.25) is 4.79 Å². The van der Waals surface area contributed by atoms with Crippen LogP contribution in [0.15, 0.2) is 41.5 Å². The zero-order chi connectivity index (χ0) is 19.1. The van der Waals surface area contributed by atoms with Crippen LogP contribution in [0, 0.1) is 0 Å². The van der Waals surface area contributed by atoms with Crippen molar-refractivity contribution in [3.63, 3.8) is 0 Å². The number of hydrogen-bond donors (Lipinski definition) is 1. The molecule has 0 saturated carbocycles. The summed E-state index contributed by atoms with van der Waals surface area (Å²) in [6.07, 6.45) is 1.50. The second-order valence-electron chi connectivity index (χ2n) is 5.92. The van der Waals surface area contributed by atoms with Gasteiger partial charge in [0.25, 0.3) is 5.91 Å². The monoisotopic (exact) mass is 356 g/mol. The van der Waals surface area contributed by atoms with Gasteiger partial charge in [0, 0.05) is 17.2 Å². The molecule has 138 valence electrons. The Hall–Kier alpha value is -3.02. The third-order valence-electron chi connectivity index (χ3n) is 3.95. The van der Waals surface area contributed by atoms with Crippen LogP contribution >= 0.6 is 0 Å². The summed E-state index contributed by atoms with van der Waals surface area (Å²) in [4.78, 5) is 12.2. The van der Waals surface area contributed by atoms with E-state index in [0.717, 1.165) is 0 Å². The average Bonchev–Trinajstić information content (AvgIpc) is 2.67. The van der Waals surface area contributed by atoms with Gasteiger partial charge in [0.2, 0.25) is 0 Å². The molecule has 2 aromatic carbocycles. The topological polar surface area (TPSA) is 69.2 Å². The molecular weight excluding hydrogens is 332 g/mol. The van der Waals surface area contributed by atoms with Gasteiger partial charge in [-0.2, -0.15) is 5.10 Å². The van der Waals surface area contributed by atoms with Crippen molar-refractivity contribution in [3.05, 3.63) is 53.1 Å². The summed E-state index contributed by atoms with van der Waals surface area (Å²) < 4.78 is 15.8. The third kappa shape index (κ3) is 4.53. The fourth-order valence-corrected chi connectivity index (χ4v) is 2.40. The number of nitrogens with zero attached hydrogens (tertiary/aromatic N) is 1. The van der Waals surface area contributed by atoms with Crippen LogP contribution in [-0.4, -0.2) is 33.5 Å². The van der Waals surface area contributed by atoms with E-state index >= 15 is 0 Å². The molecule has 6 heteroatoms. The molecule has 2 rings (SSSR count). The Morgan fingerprint density at radius 2 is 1.54 bits per heavy atom. The Morgan fingerprint density at radius 3 is 2.08 bits per heavy atom. The molecule has 0 radical (unpaired) electrons. The van der Waals surface area contributed by atoms with Gasteiger partial charge in [-0.15, -0.1) is 0 Å². The molecule has 0 spiro atoms. The molecular formula is C20H24N2O4. The summed E-state index contributed by atoms with van der Waals surface area (Å²) in [5.74, 6) is 1.79. The number of amides is 1. The minimum absolute atomic E-state index is 0.281. The van der Waals surface area contributed by atoms with Gasteiger partial charge < -0.3 is 14.2 Å². The lowest BCUT2D eigenvalue weighted by Crippen LogP contribution is -2.17. The minimum Gasteiger partial charge on any atom is -0.496 e. The van der Waals surface area contributed by atoms with E-state index in [9.17, 15) is 4.79 Å². The minimum atomic E-state index is -0.281. The normalized spacial score (nSPS) is 10.8. The van der Waals surface area contributed by atoms with Crippen molar-refractivity contribution in [2.24, 2.45) is 5.10 Å². The molecule has 0 unspecified atom stereocenters. The first-order valence-electron chi connectivity index (χ1n) is 8.23. The number of rotatable bonds is 7. The summed E-state index contributed by atoms with van der Waals surface area (Å²) in [7, 11) is 4.65. The van der Waals surface area contributed by atoms with Crippen LogP contribution in [-0.2, 0) is 0 Å². The fraction of sp³-hybridized carbons (Fsp3) is 0.300. The van der Waals surface area contributed by atoms with Crippen LogP contribution < -0.4 is 19.6 Å². The van der Waals surface area contributed by atoms with Gasteiger partial charge in [0.15, 0.2) is 11.5 Å². The Bertz CT molecular complexity index is 783. The van der Waals surface area contributed by atoms with Gasteiger partial charge in [0.05, 0.1) is 27.5 Å². The molecule has 26 heavy (non-hydrogen) atoms. The second-order valence-corrected chi connectivity index (χ2v) is 5.92. The summed E-state index contributed by atoms with van der Waals surface area (Å²) >= 11 is 0. The summed E-state index contributed by atoms with van der Waals surface area (Å²) in [6, 6.07) is 10.9. The van der Waals surface area contributed by atoms with E-state index in [4.69, 9.17) is 14.2 Å². The van der Waals surface area contributed by atoms with Crippen molar-refractivity contribution >= 4 is 12.1 Å². The van der Waals surface area contributed by atoms with Crippen molar-refractivity contribution in [1.82, 2.24) is 5.43 Å². The Kier molecular flexibility index (Phi) is 6.60. The maximum atomic E-state index is 12.2. The highest BCUT2D eigenvalue weighted by Crippen LogP contribution is 2.33. The highest BCUT2D eigenvalue weighted by molar-refractivity contribution is 5.95. The quantitative estimate of drug-likeness (QED) is 0.608. The second kappa shape index (κ2) is 8.89. The number of carbonyl (C=O) groups excluding carboxylic acids is 1. The van der Waals surface area contributed by atoms with E-state index < -0.39 is 0 Å². The number of hydrazone groups is 1. The Balaban J connectivity index is 2.13. The van der Waals surface area contributed by atoms with Crippen LogP contribution in [0.3, 0.4) is 0 Å². The molecule has 0 heterocycles. The van der Waals surface area contributed by atoms with Crippen LogP contribution in [0.1, 0.15) is 41.3 Å². The molecule has 0 aliphatic carbocycles. The van der Waals surface area contributed by atoms with Gasteiger partial charge in [-0.1, -0.05) is 26.0 Å². The van der Waals surface area contributed by atoms with Crippen LogP contribution in [0.2, 0.25) is 0 Å². The average molecular weight is 356 g/mol. The largest absolute Gasteiger partial charge is 0.496 e. The maximum Gasteiger partial charge on any atom is 0.271 e. The highest BCUT2D eigenvalue weighted by atomic mass is 16.5. The fourth-order valence-electron chi connectivity index (χ4n) is 2.40. The van der Waals surface area contributed by atoms with Gasteiger partial charge in [-0.05, 0) is 29.7 Å². The number of carbonyl (C=O) groups is 1. The molecule has 1 N–H and O–H groups in total. The highest BCUT2D eigenvalue weighted by Gasteiger charge is 2.11. The zero-order valence-corrected chi connectivity index (χ0v) is 15.7. The Labute approximate surface area is 153 Å². The smallest absolute Gasteiger partial charge is 0.271 e. The van der Waals surface area contributed by atoms with Crippen LogP contribution in [0.25, 0.3) is 0 Å². The van der Waals surface area contributed by atoms with Gasteiger partial charge in [-0.25, -0.2) is 5.43 Å².